The van der Waals surface area contributed by atoms with Crippen molar-refractivity contribution in [3.05, 3.63) is 33.6 Å². The van der Waals surface area contributed by atoms with Gasteiger partial charge in [-0.15, -0.1) is 6.42 Å². The van der Waals surface area contributed by atoms with E-state index in [1.807, 2.05) is 0 Å². The molecule has 1 rings (SSSR count). The molecule has 0 saturated carbocycles. The zero-order valence-electron chi connectivity index (χ0n) is 10.3. The van der Waals surface area contributed by atoms with Crippen LogP contribution in [0.5, 0.6) is 0 Å². The molecule has 0 saturated heterocycles. The molecule has 6 nitrogen and oxygen atoms in total. The number of hydrogen-bond donors (Lipinski definition) is 0. The molecule has 0 aliphatic rings. The number of nitro benzene ring substituents is 1. The monoisotopic (exact) mass is 266 g/mol. The second-order valence-corrected chi connectivity index (χ2v) is 3.63. The van der Waals surface area contributed by atoms with Gasteiger partial charge < -0.3 is 9.64 Å². The Labute approximate surface area is 108 Å². The molecule has 0 amide bonds. The van der Waals surface area contributed by atoms with Crippen molar-refractivity contribution < 1.29 is 18.8 Å². The van der Waals surface area contributed by atoms with Gasteiger partial charge in [0.05, 0.1) is 30.2 Å². The quantitative estimate of drug-likeness (QED) is 0.358. The molecule has 0 aliphatic heterocycles. The summed E-state index contributed by atoms with van der Waals surface area (Å²) in [5, 5.41) is 10.9. The van der Waals surface area contributed by atoms with E-state index in [0.29, 0.717) is 6.07 Å². The van der Waals surface area contributed by atoms with Gasteiger partial charge in [0.1, 0.15) is 11.5 Å². The lowest BCUT2D eigenvalue weighted by Crippen LogP contribution is -2.19. The topological polar surface area (TPSA) is 72.7 Å². The highest BCUT2D eigenvalue weighted by Gasteiger charge is 2.24. The Morgan fingerprint density at radius 3 is 2.74 bits per heavy atom. The molecule has 0 spiro atoms. The fourth-order valence-corrected chi connectivity index (χ4v) is 1.49. The number of nitro groups is 1. The van der Waals surface area contributed by atoms with Gasteiger partial charge in [0.15, 0.2) is 0 Å². The van der Waals surface area contributed by atoms with Gasteiger partial charge in [-0.1, -0.05) is 5.92 Å². The summed E-state index contributed by atoms with van der Waals surface area (Å²) in [7, 11) is 2.59. The van der Waals surface area contributed by atoms with E-state index < -0.39 is 22.4 Å². The summed E-state index contributed by atoms with van der Waals surface area (Å²) < 4.78 is 18.0. The van der Waals surface area contributed by atoms with Crippen LogP contribution in [-0.4, -0.2) is 31.6 Å². The van der Waals surface area contributed by atoms with Gasteiger partial charge in [0.25, 0.3) is 5.69 Å². The molecule has 7 heteroatoms. The molecule has 0 unspecified atom stereocenters. The zero-order valence-corrected chi connectivity index (χ0v) is 10.3. The number of methoxy groups -OCH3 is 1. The third kappa shape index (κ3) is 2.98. The molecule has 100 valence electrons. The molecule has 0 fully saturated rings. The Hall–Kier alpha value is -2.62. The number of benzene rings is 1. The van der Waals surface area contributed by atoms with E-state index >= 15 is 0 Å². The fourth-order valence-electron chi connectivity index (χ4n) is 1.49. The number of ether oxygens (including phenoxy) is 1. The van der Waals surface area contributed by atoms with E-state index in [0.717, 1.165) is 13.2 Å². The summed E-state index contributed by atoms with van der Waals surface area (Å²) >= 11 is 0. The molecule has 0 aromatic heterocycles. The van der Waals surface area contributed by atoms with E-state index in [2.05, 4.69) is 10.7 Å². The number of carbonyl (C=O) groups is 1. The van der Waals surface area contributed by atoms with Crippen LogP contribution in [0.4, 0.5) is 15.8 Å². The highest BCUT2D eigenvalue weighted by atomic mass is 19.1. The summed E-state index contributed by atoms with van der Waals surface area (Å²) in [6, 6.07) is 1.73. The lowest BCUT2D eigenvalue weighted by molar-refractivity contribution is -0.384. The van der Waals surface area contributed by atoms with Crippen LogP contribution in [0.3, 0.4) is 0 Å². The Kier molecular flexibility index (Phi) is 4.42. The Balaban J connectivity index is 3.44. The second kappa shape index (κ2) is 5.82. The van der Waals surface area contributed by atoms with Crippen molar-refractivity contribution in [3.8, 4) is 12.3 Å². The van der Waals surface area contributed by atoms with Crippen LogP contribution in [0.15, 0.2) is 12.1 Å². The molecule has 0 bridgehead atoms. The maximum absolute atomic E-state index is 13.6. The van der Waals surface area contributed by atoms with Gasteiger partial charge in [0.2, 0.25) is 0 Å². The van der Waals surface area contributed by atoms with E-state index in [1.54, 1.807) is 0 Å². The summed E-state index contributed by atoms with van der Waals surface area (Å²) in [6.07, 6.45) is 5.12. The SMILES string of the molecule is C#CCN(C)c1cc(C(=O)OC)c(F)cc1[N+](=O)[O-]. The second-order valence-electron chi connectivity index (χ2n) is 3.63. The van der Waals surface area contributed by atoms with Gasteiger partial charge in [-0.3, -0.25) is 10.1 Å². The van der Waals surface area contributed by atoms with Crippen LogP contribution in [0.25, 0.3) is 0 Å². The van der Waals surface area contributed by atoms with Crippen molar-refractivity contribution in [2.75, 3.05) is 25.6 Å². The number of terminal acetylenes is 1. The maximum Gasteiger partial charge on any atom is 0.340 e. The predicted molar refractivity (Wildman–Crippen MR) is 66.5 cm³/mol. The Morgan fingerprint density at radius 2 is 2.26 bits per heavy atom. The largest absolute Gasteiger partial charge is 0.465 e. The first-order valence-corrected chi connectivity index (χ1v) is 5.13. The average Bonchev–Trinajstić information content (AvgIpc) is 2.37. The highest BCUT2D eigenvalue weighted by Crippen LogP contribution is 2.30. The molecule has 0 aliphatic carbocycles. The fraction of sp³-hybridized carbons (Fsp3) is 0.250. The molecule has 19 heavy (non-hydrogen) atoms. The van der Waals surface area contributed by atoms with Crippen LogP contribution in [0.1, 0.15) is 10.4 Å². The van der Waals surface area contributed by atoms with Crippen LogP contribution < -0.4 is 4.90 Å². The van der Waals surface area contributed by atoms with Crippen molar-refractivity contribution in [3.63, 3.8) is 0 Å². The molecule has 0 N–H and O–H groups in total. The predicted octanol–water partition coefficient (Wildman–Crippen LogP) is 1.59. The zero-order chi connectivity index (χ0) is 14.6. The third-order valence-corrected chi connectivity index (χ3v) is 2.41. The number of hydrogen-bond acceptors (Lipinski definition) is 5. The van der Waals surface area contributed by atoms with Gasteiger partial charge >= 0.3 is 5.97 Å². The first-order chi connectivity index (χ1) is 8.92. The summed E-state index contributed by atoms with van der Waals surface area (Å²) in [4.78, 5) is 22.9. The van der Waals surface area contributed by atoms with Crippen molar-refractivity contribution in [1.29, 1.82) is 0 Å². The van der Waals surface area contributed by atoms with Gasteiger partial charge in [0, 0.05) is 7.05 Å². The minimum absolute atomic E-state index is 0.0461. The van der Waals surface area contributed by atoms with E-state index in [4.69, 9.17) is 6.42 Å². The normalized spacial score (nSPS) is 9.58. The summed E-state index contributed by atoms with van der Waals surface area (Å²) in [5.41, 5.74) is -0.806. The lowest BCUT2D eigenvalue weighted by Gasteiger charge is -2.17. The van der Waals surface area contributed by atoms with Crippen LogP contribution in [-0.2, 0) is 4.74 Å². The molecule has 0 heterocycles. The Bertz CT molecular complexity index is 566. The minimum Gasteiger partial charge on any atom is -0.465 e. The first kappa shape index (κ1) is 14.4. The first-order valence-electron chi connectivity index (χ1n) is 5.13. The van der Waals surface area contributed by atoms with E-state index in [-0.39, 0.29) is 17.8 Å². The van der Waals surface area contributed by atoms with Gasteiger partial charge in [-0.2, -0.15) is 0 Å². The number of rotatable bonds is 4. The molecular weight excluding hydrogens is 255 g/mol. The minimum atomic E-state index is -1.02. The molecular formula is C12H11FN2O4. The molecule has 1 aromatic rings. The average molecular weight is 266 g/mol. The van der Waals surface area contributed by atoms with Crippen molar-refractivity contribution >= 4 is 17.3 Å². The number of esters is 1. The van der Waals surface area contributed by atoms with Crippen molar-refractivity contribution in [2.45, 2.75) is 0 Å². The standard InChI is InChI=1S/C12H11FN2O4/c1-4-5-14(2)10-6-8(12(16)19-3)9(13)7-11(10)15(17)18/h1,6-7H,5H2,2-3H3. The number of carbonyl (C=O) groups excluding carboxylic acids is 1. The van der Waals surface area contributed by atoms with Gasteiger partial charge in [-0.25, -0.2) is 9.18 Å². The lowest BCUT2D eigenvalue weighted by atomic mass is 10.1. The number of anilines is 1. The summed E-state index contributed by atoms with van der Waals surface area (Å²) in [6.45, 7) is 0.0765. The molecule has 0 atom stereocenters. The smallest absolute Gasteiger partial charge is 0.340 e. The van der Waals surface area contributed by atoms with Gasteiger partial charge in [-0.05, 0) is 6.07 Å². The Morgan fingerprint density at radius 1 is 1.63 bits per heavy atom. The third-order valence-electron chi connectivity index (χ3n) is 2.41. The van der Waals surface area contributed by atoms with Crippen LogP contribution in [0.2, 0.25) is 0 Å². The number of halogens is 1. The van der Waals surface area contributed by atoms with Crippen LogP contribution >= 0.6 is 0 Å². The summed E-state index contributed by atoms with van der Waals surface area (Å²) in [5.74, 6) is 0.371. The van der Waals surface area contributed by atoms with E-state index in [9.17, 15) is 19.3 Å². The van der Waals surface area contributed by atoms with Crippen molar-refractivity contribution in [2.24, 2.45) is 0 Å². The molecule has 0 radical (unpaired) electrons. The van der Waals surface area contributed by atoms with Crippen LogP contribution in [0, 0.1) is 28.3 Å². The van der Waals surface area contributed by atoms with E-state index in [1.165, 1.54) is 11.9 Å². The molecule has 1 aromatic carbocycles. The maximum atomic E-state index is 13.6. The van der Waals surface area contributed by atoms with Crippen molar-refractivity contribution in [1.82, 2.24) is 0 Å². The number of nitrogens with zero attached hydrogens (tertiary/aromatic N) is 2. The highest BCUT2D eigenvalue weighted by molar-refractivity contribution is 5.92.